The predicted molar refractivity (Wildman–Crippen MR) is 82.7 cm³/mol. The lowest BCUT2D eigenvalue weighted by atomic mass is 10.2. The molecule has 0 aromatic heterocycles. The summed E-state index contributed by atoms with van der Waals surface area (Å²) in [6.45, 7) is 0. The number of ether oxygens (including phenoxy) is 1. The van der Waals surface area contributed by atoms with E-state index in [9.17, 15) is 4.79 Å². The van der Waals surface area contributed by atoms with Crippen LogP contribution >= 0.6 is 0 Å². The Morgan fingerprint density at radius 1 is 1.14 bits per heavy atom. The van der Waals surface area contributed by atoms with Crippen LogP contribution in [0.15, 0.2) is 58.7 Å². The minimum absolute atomic E-state index is 0.0577. The maximum atomic E-state index is 12.0. The van der Waals surface area contributed by atoms with E-state index in [1.54, 1.807) is 48.5 Å². The molecular formula is C15H14N4O3. The molecule has 0 spiro atoms. The van der Waals surface area contributed by atoms with Gasteiger partial charge in [-0.05, 0) is 42.0 Å². The largest absolute Gasteiger partial charge is 0.423 e. The van der Waals surface area contributed by atoms with Crippen molar-refractivity contribution in [3.63, 3.8) is 0 Å². The van der Waals surface area contributed by atoms with Crippen molar-refractivity contribution in [2.24, 2.45) is 21.6 Å². The van der Waals surface area contributed by atoms with Gasteiger partial charge in [0.05, 0.1) is 17.5 Å². The van der Waals surface area contributed by atoms with Crippen LogP contribution in [0.3, 0.4) is 0 Å². The fourth-order valence-corrected chi connectivity index (χ4v) is 1.71. The summed E-state index contributed by atoms with van der Waals surface area (Å²) >= 11 is 0. The fraction of sp³-hybridized carbons (Fsp3) is 0. The second-order valence-electron chi connectivity index (χ2n) is 4.29. The molecule has 0 aliphatic rings. The maximum absolute atomic E-state index is 12.0. The Labute approximate surface area is 126 Å². The molecule has 0 radical (unpaired) electrons. The van der Waals surface area contributed by atoms with Crippen LogP contribution in [-0.2, 0) is 0 Å². The van der Waals surface area contributed by atoms with E-state index in [0.717, 1.165) is 0 Å². The van der Waals surface area contributed by atoms with Crippen molar-refractivity contribution >= 4 is 23.8 Å². The molecule has 2 rings (SSSR count). The number of nitrogens with two attached hydrogens (primary N) is 2. The van der Waals surface area contributed by atoms with Crippen LogP contribution in [0.5, 0.6) is 5.75 Å². The average Bonchev–Trinajstić information content (AvgIpc) is 2.48. The van der Waals surface area contributed by atoms with Gasteiger partial charge in [0.2, 0.25) is 0 Å². The molecule has 22 heavy (non-hydrogen) atoms. The monoisotopic (exact) mass is 298 g/mol. The van der Waals surface area contributed by atoms with Crippen LogP contribution < -0.4 is 16.2 Å². The van der Waals surface area contributed by atoms with Crippen LogP contribution in [0.25, 0.3) is 0 Å². The Morgan fingerprint density at radius 3 is 2.50 bits per heavy atom. The third kappa shape index (κ3) is 4.07. The van der Waals surface area contributed by atoms with Gasteiger partial charge in [-0.25, -0.2) is 9.79 Å². The Bertz CT molecular complexity index is 720. The lowest BCUT2D eigenvalue weighted by Crippen LogP contribution is -2.21. The molecule has 0 fully saturated rings. The molecular weight excluding hydrogens is 284 g/mol. The van der Waals surface area contributed by atoms with Crippen LogP contribution in [-0.4, -0.2) is 23.4 Å². The predicted octanol–water partition coefficient (Wildman–Crippen LogP) is 1.62. The Morgan fingerprint density at radius 2 is 1.86 bits per heavy atom. The summed E-state index contributed by atoms with van der Waals surface area (Å²) in [5, 5.41) is 11.4. The van der Waals surface area contributed by atoms with E-state index >= 15 is 0 Å². The molecule has 0 unspecified atom stereocenters. The average molecular weight is 298 g/mol. The van der Waals surface area contributed by atoms with Crippen molar-refractivity contribution < 1.29 is 14.7 Å². The Balaban J connectivity index is 2.12. The van der Waals surface area contributed by atoms with Crippen molar-refractivity contribution in [2.75, 3.05) is 0 Å². The van der Waals surface area contributed by atoms with Gasteiger partial charge in [0.1, 0.15) is 5.75 Å². The molecule has 7 nitrogen and oxygen atoms in total. The first-order chi connectivity index (χ1) is 10.6. The van der Waals surface area contributed by atoms with Gasteiger partial charge in [-0.1, -0.05) is 17.3 Å². The van der Waals surface area contributed by atoms with Gasteiger partial charge in [-0.15, -0.1) is 0 Å². The van der Waals surface area contributed by atoms with E-state index < -0.39 is 5.97 Å². The van der Waals surface area contributed by atoms with Gasteiger partial charge in [0.25, 0.3) is 0 Å². The van der Waals surface area contributed by atoms with Crippen LogP contribution in [0.2, 0.25) is 0 Å². The molecule has 5 N–H and O–H groups in total. The van der Waals surface area contributed by atoms with Crippen molar-refractivity contribution in [2.45, 2.75) is 0 Å². The highest BCUT2D eigenvalue weighted by Gasteiger charge is 2.08. The van der Waals surface area contributed by atoms with Crippen molar-refractivity contribution in [1.29, 1.82) is 0 Å². The topological polar surface area (TPSA) is 123 Å². The summed E-state index contributed by atoms with van der Waals surface area (Å²) in [4.78, 5) is 15.9. The van der Waals surface area contributed by atoms with Gasteiger partial charge in [-0.2, -0.15) is 0 Å². The quantitative estimate of drug-likeness (QED) is 0.198. The number of aliphatic imine (C=N–C) groups is 1. The van der Waals surface area contributed by atoms with Crippen molar-refractivity contribution in [3.8, 4) is 5.75 Å². The first-order valence-corrected chi connectivity index (χ1v) is 6.28. The number of hydrogen-bond donors (Lipinski definition) is 3. The molecule has 2 aromatic rings. The third-order valence-electron chi connectivity index (χ3n) is 2.64. The minimum atomic E-state index is -0.519. The standard InChI is InChI=1S/C15H14N4O3/c16-15(17)19-12-6-4-11(5-7-12)14(20)22-13-3-1-2-10(8-13)9-18-21/h1-9,21H,(H4,16,17,19)/b18-9-. The minimum Gasteiger partial charge on any atom is -0.423 e. The molecule has 0 atom stereocenters. The van der Waals surface area contributed by atoms with Gasteiger partial charge in [0, 0.05) is 0 Å². The number of benzene rings is 2. The lowest BCUT2D eigenvalue weighted by Gasteiger charge is -2.05. The number of carbonyl (C=O) groups excluding carboxylic acids is 1. The molecule has 0 saturated carbocycles. The number of oxime groups is 1. The highest BCUT2D eigenvalue weighted by molar-refractivity contribution is 5.92. The van der Waals surface area contributed by atoms with E-state index in [2.05, 4.69) is 10.1 Å². The number of hydrogen-bond acceptors (Lipinski definition) is 5. The fourth-order valence-electron chi connectivity index (χ4n) is 1.71. The van der Waals surface area contributed by atoms with Gasteiger partial charge < -0.3 is 21.4 Å². The molecule has 0 heterocycles. The molecule has 0 aliphatic heterocycles. The molecule has 7 heteroatoms. The zero-order valence-corrected chi connectivity index (χ0v) is 11.5. The summed E-state index contributed by atoms with van der Waals surface area (Å²) in [6, 6.07) is 12.9. The summed E-state index contributed by atoms with van der Waals surface area (Å²) in [7, 11) is 0. The first kappa shape index (κ1) is 15.0. The SMILES string of the molecule is NC(N)=Nc1ccc(C(=O)Oc2cccc(/C=N\O)c2)cc1. The summed E-state index contributed by atoms with van der Waals surface area (Å²) < 4.78 is 5.24. The van der Waals surface area contributed by atoms with E-state index in [0.29, 0.717) is 22.6 Å². The molecule has 0 amide bonds. The number of guanidine groups is 1. The van der Waals surface area contributed by atoms with Crippen molar-refractivity contribution in [3.05, 3.63) is 59.7 Å². The zero-order chi connectivity index (χ0) is 15.9. The molecule has 112 valence electrons. The molecule has 0 aliphatic carbocycles. The first-order valence-electron chi connectivity index (χ1n) is 6.28. The highest BCUT2D eigenvalue weighted by atomic mass is 16.5. The second-order valence-corrected chi connectivity index (χ2v) is 4.29. The van der Waals surface area contributed by atoms with Crippen LogP contribution in [0, 0.1) is 0 Å². The Hall–Kier alpha value is -3.35. The van der Waals surface area contributed by atoms with Gasteiger partial charge in [-0.3, -0.25) is 0 Å². The lowest BCUT2D eigenvalue weighted by molar-refractivity contribution is 0.0735. The van der Waals surface area contributed by atoms with E-state index in [1.165, 1.54) is 6.21 Å². The van der Waals surface area contributed by atoms with E-state index in [4.69, 9.17) is 21.4 Å². The van der Waals surface area contributed by atoms with E-state index in [-0.39, 0.29) is 5.96 Å². The number of nitrogens with zero attached hydrogens (tertiary/aromatic N) is 2. The molecule has 2 aromatic carbocycles. The normalized spacial score (nSPS) is 10.4. The second kappa shape index (κ2) is 6.89. The van der Waals surface area contributed by atoms with Crippen molar-refractivity contribution in [1.82, 2.24) is 0 Å². The van der Waals surface area contributed by atoms with Crippen LogP contribution in [0.4, 0.5) is 5.69 Å². The number of carbonyl (C=O) groups is 1. The molecule has 0 bridgehead atoms. The van der Waals surface area contributed by atoms with Gasteiger partial charge >= 0.3 is 5.97 Å². The summed E-state index contributed by atoms with van der Waals surface area (Å²) in [5.41, 5.74) is 12.0. The van der Waals surface area contributed by atoms with Gasteiger partial charge in [0.15, 0.2) is 5.96 Å². The molecule has 0 saturated heterocycles. The zero-order valence-electron chi connectivity index (χ0n) is 11.5. The maximum Gasteiger partial charge on any atom is 0.343 e. The number of rotatable bonds is 4. The summed E-state index contributed by atoms with van der Waals surface area (Å²) in [6.07, 6.45) is 1.24. The van der Waals surface area contributed by atoms with E-state index in [1.807, 2.05) is 0 Å². The smallest absolute Gasteiger partial charge is 0.343 e. The third-order valence-corrected chi connectivity index (χ3v) is 2.64. The summed E-state index contributed by atoms with van der Waals surface area (Å²) in [5.74, 6) is -0.234. The van der Waals surface area contributed by atoms with Crippen LogP contribution in [0.1, 0.15) is 15.9 Å². The Kier molecular flexibility index (Phi) is 4.71. The highest BCUT2D eigenvalue weighted by Crippen LogP contribution is 2.17. The number of esters is 1.